The van der Waals surface area contributed by atoms with Gasteiger partial charge < -0.3 is 10.1 Å². The van der Waals surface area contributed by atoms with Crippen LogP contribution in [0.5, 0.6) is 5.75 Å². The molecule has 2 aromatic rings. The number of hydrogen-bond donors (Lipinski definition) is 1. The van der Waals surface area contributed by atoms with Gasteiger partial charge >= 0.3 is 0 Å². The highest BCUT2D eigenvalue weighted by molar-refractivity contribution is 7.89. The minimum Gasteiger partial charge on any atom is -0.487 e. The average molecular weight is 443 g/mol. The Kier molecular flexibility index (Phi) is 6.08. The molecule has 0 spiro atoms. The zero-order valence-corrected chi connectivity index (χ0v) is 19.0. The molecule has 0 saturated carbocycles. The van der Waals surface area contributed by atoms with Crippen molar-refractivity contribution in [2.75, 3.05) is 13.1 Å². The Morgan fingerprint density at radius 3 is 2.48 bits per heavy atom. The summed E-state index contributed by atoms with van der Waals surface area (Å²) in [5.41, 5.74) is 0.866. The number of para-hydroxylation sites is 1. The molecule has 0 aromatic heterocycles. The number of rotatable bonds is 4. The Balaban J connectivity index is 1.56. The molecule has 2 aromatic carbocycles. The zero-order chi connectivity index (χ0) is 22.1. The molecule has 166 valence electrons. The first-order chi connectivity index (χ1) is 14.8. The number of fused-ring (bicyclic) bond motifs is 1. The number of sulfonamides is 1. The van der Waals surface area contributed by atoms with Crippen molar-refractivity contribution in [3.8, 4) is 5.75 Å². The lowest BCUT2D eigenvalue weighted by Crippen LogP contribution is -2.41. The van der Waals surface area contributed by atoms with Gasteiger partial charge in [-0.25, -0.2) is 8.42 Å². The smallest absolute Gasteiger partial charge is 0.251 e. The van der Waals surface area contributed by atoms with Crippen molar-refractivity contribution < 1.29 is 17.9 Å². The molecule has 4 rings (SSSR count). The van der Waals surface area contributed by atoms with Gasteiger partial charge in [0.1, 0.15) is 11.4 Å². The second-order valence-electron chi connectivity index (χ2n) is 8.98. The SMILES string of the molecule is CC1(C)C[C@@H](NC(=O)c2cccc(S(=O)(=O)N3CCCCCC3)c2)c2ccccc2O1. The molecule has 2 heterocycles. The molecule has 0 radical (unpaired) electrons. The van der Waals surface area contributed by atoms with E-state index in [-0.39, 0.29) is 16.8 Å². The third-order valence-corrected chi connectivity index (χ3v) is 7.88. The van der Waals surface area contributed by atoms with E-state index in [4.69, 9.17) is 4.74 Å². The Morgan fingerprint density at radius 2 is 1.74 bits per heavy atom. The van der Waals surface area contributed by atoms with Gasteiger partial charge in [-0.15, -0.1) is 0 Å². The maximum absolute atomic E-state index is 13.1. The largest absolute Gasteiger partial charge is 0.487 e. The number of amides is 1. The van der Waals surface area contributed by atoms with Crippen LogP contribution in [0.2, 0.25) is 0 Å². The molecular formula is C24H30N2O4S. The van der Waals surface area contributed by atoms with Crippen LogP contribution in [0.1, 0.15) is 67.9 Å². The molecule has 1 N–H and O–H groups in total. The van der Waals surface area contributed by atoms with Gasteiger partial charge in [-0.1, -0.05) is 37.1 Å². The topological polar surface area (TPSA) is 75.7 Å². The van der Waals surface area contributed by atoms with Crippen LogP contribution >= 0.6 is 0 Å². The van der Waals surface area contributed by atoms with Crippen LogP contribution in [0.4, 0.5) is 0 Å². The van der Waals surface area contributed by atoms with E-state index < -0.39 is 15.6 Å². The molecular weight excluding hydrogens is 412 g/mol. The van der Waals surface area contributed by atoms with Crippen molar-refractivity contribution in [3.63, 3.8) is 0 Å². The molecule has 1 atom stereocenters. The monoisotopic (exact) mass is 442 g/mol. The Bertz CT molecular complexity index is 1060. The van der Waals surface area contributed by atoms with E-state index in [0.29, 0.717) is 25.1 Å². The van der Waals surface area contributed by atoms with Crippen molar-refractivity contribution in [2.24, 2.45) is 0 Å². The third kappa shape index (κ3) is 4.77. The summed E-state index contributed by atoms with van der Waals surface area (Å²) in [6.45, 7) is 5.06. The van der Waals surface area contributed by atoms with Crippen molar-refractivity contribution >= 4 is 15.9 Å². The Labute approximate surface area is 184 Å². The summed E-state index contributed by atoms with van der Waals surface area (Å²) in [5, 5.41) is 3.09. The zero-order valence-electron chi connectivity index (χ0n) is 18.1. The van der Waals surface area contributed by atoms with Crippen molar-refractivity contribution in [3.05, 3.63) is 59.7 Å². The van der Waals surface area contributed by atoms with Crippen LogP contribution in [0.15, 0.2) is 53.4 Å². The lowest BCUT2D eigenvalue weighted by molar-refractivity contribution is 0.0619. The van der Waals surface area contributed by atoms with Gasteiger partial charge in [0.15, 0.2) is 0 Å². The van der Waals surface area contributed by atoms with E-state index in [9.17, 15) is 13.2 Å². The predicted octanol–water partition coefficient (Wildman–Crippen LogP) is 4.28. The quantitative estimate of drug-likeness (QED) is 0.767. The fourth-order valence-corrected chi connectivity index (χ4v) is 5.96. The summed E-state index contributed by atoms with van der Waals surface area (Å²) in [4.78, 5) is 13.3. The lowest BCUT2D eigenvalue weighted by Gasteiger charge is -2.37. The van der Waals surface area contributed by atoms with Gasteiger partial charge in [0, 0.05) is 30.6 Å². The molecule has 0 unspecified atom stereocenters. The van der Waals surface area contributed by atoms with E-state index in [0.717, 1.165) is 37.0 Å². The molecule has 1 amide bonds. The van der Waals surface area contributed by atoms with Crippen molar-refractivity contribution in [2.45, 2.75) is 62.5 Å². The molecule has 2 aliphatic heterocycles. The van der Waals surface area contributed by atoms with E-state index in [2.05, 4.69) is 5.32 Å². The van der Waals surface area contributed by atoms with Crippen molar-refractivity contribution in [1.82, 2.24) is 9.62 Å². The highest BCUT2D eigenvalue weighted by atomic mass is 32.2. The number of hydrogen-bond acceptors (Lipinski definition) is 4. The van der Waals surface area contributed by atoms with Gasteiger partial charge in [-0.05, 0) is 51.0 Å². The first-order valence-corrected chi connectivity index (χ1v) is 12.4. The maximum Gasteiger partial charge on any atom is 0.251 e. The second-order valence-corrected chi connectivity index (χ2v) is 10.9. The molecule has 31 heavy (non-hydrogen) atoms. The van der Waals surface area contributed by atoms with E-state index >= 15 is 0 Å². The summed E-state index contributed by atoms with van der Waals surface area (Å²) in [5.74, 6) is 0.479. The highest BCUT2D eigenvalue weighted by Gasteiger charge is 2.34. The maximum atomic E-state index is 13.1. The Hall–Kier alpha value is -2.38. The summed E-state index contributed by atoms with van der Waals surface area (Å²) in [7, 11) is -3.61. The molecule has 2 aliphatic rings. The van der Waals surface area contributed by atoms with Crippen LogP contribution in [-0.2, 0) is 10.0 Å². The van der Waals surface area contributed by atoms with Crippen LogP contribution in [0.25, 0.3) is 0 Å². The summed E-state index contributed by atoms with van der Waals surface area (Å²) >= 11 is 0. The number of nitrogens with zero attached hydrogens (tertiary/aromatic N) is 1. The molecule has 0 aliphatic carbocycles. The van der Waals surface area contributed by atoms with E-state index in [1.165, 1.54) is 6.07 Å². The van der Waals surface area contributed by atoms with E-state index in [1.807, 2.05) is 38.1 Å². The summed E-state index contributed by atoms with van der Waals surface area (Å²) < 4.78 is 33.9. The highest BCUT2D eigenvalue weighted by Crippen LogP contribution is 2.39. The number of ether oxygens (including phenoxy) is 1. The second kappa shape index (κ2) is 8.63. The third-order valence-electron chi connectivity index (χ3n) is 5.98. The Morgan fingerprint density at radius 1 is 1.03 bits per heavy atom. The van der Waals surface area contributed by atoms with Gasteiger partial charge in [0.2, 0.25) is 10.0 Å². The van der Waals surface area contributed by atoms with Gasteiger partial charge in [-0.2, -0.15) is 4.31 Å². The van der Waals surface area contributed by atoms with Gasteiger partial charge in [0.05, 0.1) is 10.9 Å². The van der Waals surface area contributed by atoms with Crippen LogP contribution in [-0.4, -0.2) is 37.3 Å². The lowest BCUT2D eigenvalue weighted by atomic mass is 9.89. The fourth-order valence-electron chi connectivity index (χ4n) is 4.40. The predicted molar refractivity (Wildman–Crippen MR) is 120 cm³/mol. The average Bonchev–Trinajstić information content (AvgIpc) is 3.03. The number of carbonyl (C=O) groups is 1. The summed E-state index contributed by atoms with van der Waals surface area (Å²) in [6, 6.07) is 13.9. The van der Waals surface area contributed by atoms with Crippen molar-refractivity contribution in [1.29, 1.82) is 0 Å². The van der Waals surface area contributed by atoms with Gasteiger partial charge in [0.25, 0.3) is 5.91 Å². The molecule has 6 nitrogen and oxygen atoms in total. The minimum absolute atomic E-state index is 0.176. The van der Waals surface area contributed by atoms with Crippen LogP contribution in [0, 0.1) is 0 Å². The van der Waals surface area contributed by atoms with Gasteiger partial charge in [-0.3, -0.25) is 4.79 Å². The first-order valence-electron chi connectivity index (χ1n) is 11.0. The number of nitrogens with one attached hydrogen (secondary N) is 1. The molecule has 1 saturated heterocycles. The normalized spacial score (nSPS) is 21.4. The van der Waals surface area contributed by atoms with Crippen LogP contribution < -0.4 is 10.1 Å². The first kappa shape index (κ1) is 21.8. The number of benzene rings is 2. The molecule has 0 bridgehead atoms. The molecule has 1 fully saturated rings. The number of carbonyl (C=O) groups excluding carboxylic acids is 1. The summed E-state index contributed by atoms with van der Waals surface area (Å²) in [6.07, 6.45) is 4.48. The van der Waals surface area contributed by atoms with E-state index in [1.54, 1.807) is 22.5 Å². The molecule has 7 heteroatoms. The fraction of sp³-hybridized carbons (Fsp3) is 0.458. The van der Waals surface area contributed by atoms with Crippen LogP contribution in [0.3, 0.4) is 0 Å². The minimum atomic E-state index is -3.61. The standard InChI is InChI=1S/C24H30N2O4S/c1-24(2)17-21(20-12-5-6-13-22(20)30-24)25-23(27)18-10-9-11-19(16-18)31(28,29)26-14-7-3-4-8-15-26/h5-6,9-13,16,21H,3-4,7-8,14-15,17H2,1-2H3,(H,25,27)/t21-/m1/s1.